The van der Waals surface area contributed by atoms with Crippen molar-refractivity contribution in [1.82, 2.24) is 10.2 Å². The smallest absolute Gasteiger partial charge is 0.0509 e. The molecule has 2 rings (SSSR count). The fourth-order valence-electron chi connectivity index (χ4n) is 3.28. The van der Waals surface area contributed by atoms with Crippen molar-refractivity contribution in [2.75, 3.05) is 32.8 Å². The summed E-state index contributed by atoms with van der Waals surface area (Å²) in [5.74, 6) is 1.46. The highest BCUT2D eigenvalue weighted by Gasteiger charge is 2.27. The molecule has 0 amide bonds. The van der Waals surface area contributed by atoms with Crippen LogP contribution in [0.3, 0.4) is 0 Å². The lowest BCUT2D eigenvalue weighted by Gasteiger charge is -2.33. The van der Waals surface area contributed by atoms with E-state index < -0.39 is 0 Å². The average molecular weight is 254 g/mol. The average Bonchev–Trinajstić information content (AvgIpc) is 3.01. The van der Waals surface area contributed by atoms with Crippen molar-refractivity contribution in [2.24, 2.45) is 11.8 Å². The molecule has 0 spiro atoms. The number of likely N-dealkylation sites (tertiary alicyclic amines) is 1. The molecule has 3 nitrogen and oxygen atoms in total. The lowest BCUT2D eigenvalue weighted by Crippen LogP contribution is -2.47. The maximum atomic E-state index is 5.48. The van der Waals surface area contributed by atoms with E-state index >= 15 is 0 Å². The first-order chi connectivity index (χ1) is 8.68. The van der Waals surface area contributed by atoms with Gasteiger partial charge >= 0.3 is 0 Å². The van der Waals surface area contributed by atoms with Crippen LogP contribution >= 0.6 is 0 Å². The summed E-state index contributed by atoms with van der Waals surface area (Å²) in [5.41, 5.74) is 0. The van der Waals surface area contributed by atoms with Crippen LogP contribution in [0.15, 0.2) is 0 Å². The van der Waals surface area contributed by atoms with Gasteiger partial charge in [0.2, 0.25) is 0 Å². The number of hydrogen-bond donors (Lipinski definition) is 1. The van der Waals surface area contributed by atoms with Crippen LogP contribution in [0, 0.1) is 11.8 Å². The summed E-state index contributed by atoms with van der Waals surface area (Å²) in [6.07, 6.45) is 3.99. The summed E-state index contributed by atoms with van der Waals surface area (Å²) in [5, 5.41) is 3.76. The summed E-state index contributed by atoms with van der Waals surface area (Å²) in [4.78, 5) is 2.68. The molecular formula is C15H30N2O. The summed E-state index contributed by atoms with van der Waals surface area (Å²) < 4.78 is 5.48. The number of ether oxygens (including phenoxy) is 1. The Bertz CT molecular complexity index is 233. The topological polar surface area (TPSA) is 24.5 Å². The molecule has 1 N–H and O–H groups in total. The first kappa shape index (κ1) is 14.3. The van der Waals surface area contributed by atoms with Crippen LogP contribution in [0.5, 0.6) is 0 Å². The number of rotatable bonds is 6. The van der Waals surface area contributed by atoms with Crippen LogP contribution in [0.4, 0.5) is 0 Å². The van der Waals surface area contributed by atoms with Gasteiger partial charge in [-0.25, -0.2) is 0 Å². The molecule has 106 valence electrons. The van der Waals surface area contributed by atoms with Gasteiger partial charge in [0.1, 0.15) is 0 Å². The van der Waals surface area contributed by atoms with Gasteiger partial charge in [0.15, 0.2) is 0 Å². The maximum Gasteiger partial charge on any atom is 0.0509 e. The van der Waals surface area contributed by atoms with E-state index in [9.17, 15) is 0 Å². The molecule has 3 atom stereocenters. The zero-order chi connectivity index (χ0) is 13.0. The minimum absolute atomic E-state index is 0.594. The molecule has 2 fully saturated rings. The van der Waals surface area contributed by atoms with E-state index in [1.807, 2.05) is 0 Å². The molecule has 18 heavy (non-hydrogen) atoms. The standard InChI is InChI=1S/C15H30N2O/c1-12(2)15(17-7-4-5-8-17)10-16-13(3)14-6-9-18-11-14/h12-16H,4-11H2,1-3H3. The molecule has 0 saturated carbocycles. The monoisotopic (exact) mass is 254 g/mol. The van der Waals surface area contributed by atoms with Gasteiger partial charge in [-0.2, -0.15) is 0 Å². The predicted molar refractivity (Wildman–Crippen MR) is 75.8 cm³/mol. The SMILES string of the molecule is CC(C)C(CNC(C)C1CCOC1)N1CCCC1. The molecule has 2 aliphatic heterocycles. The van der Waals surface area contributed by atoms with Crippen LogP contribution in [0.25, 0.3) is 0 Å². The van der Waals surface area contributed by atoms with Crippen LogP contribution in [0.1, 0.15) is 40.0 Å². The normalized spacial score (nSPS) is 29.0. The zero-order valence-electron chi connectivity index (χ0n) is 12.3. The molecule has 2 saturated heterocycles. The van der Waals surface area contributed by atoms with E-state index in [-0.39, 0.29) is 0 Å². The van der Waals surface area contributed by atoms with Crippen molar-refractivity contribution in [1.29, 1.82) is 0 Å². The second-order valence-corrected chi connectivity index (χ2v) is 6.38. The van der Waals surface area contributed by atoms with Crippen LogP contribution < -0.4 is 5.32 Å². The maximum absolute atomic E-state index is 5.48. The van der Waals surface area contributed by atoms with Gasteiger partial charge in [-0.15, -0.1) is 0 Å². The highest BCUT2D eigenvalue weighted by atomic mass is 16.5. The van der Waals surface area contributed by atoms with E-state index in [1.54, 1.807) is 0 Å². The number of hydrogen-bond acceptors (Lipinski definition) is 3. The Morgan fingerprint density at radius 2 is 1.94 bits per heavy atom. The summed E-state index contributed by atoms with van der Waals surface area (Å²) in [6.45, 7) is 12.7. The molecule has 0 aliphatic carbocycles. The third-order valence-electron chi connectivity index (χ3n) is 4.70. The minimum atomic E-state index is 0.594. The molecule has 0 aromatic rings. The molecule has 2 heterocycles. The van der Waals surface area contributed by atoms with E-state index in [2.05, 4.69) is 31.0 Å². The van der Waals surface area contributed by atoms with Crippen molar-refractivity contribution in [2.45, 2.75) is 52.1 Å². The van der Waals surface area contributed by atoms with E-state index in [0.717, 1.165) is 31.6 Å². The van der Waals surface area contributed by atoms with Gasteiger partial charge in [0.05, 0.1) is 6.61 Å². The Balaban J connectivity index is 1.77. The fraction of sp³-hybridized carbons (Fsp3) is 1.00. The predicted octanol–water partition coefficient (Wildman–Crippen LogP) is 2.12. The van der Waals surface area contributed by atoms with Crippen molar-refractivity contribution in [3.8, 4) is 0 Å². The van der Waals surface area contributed by atoms with Crippen molar-refractivity contribution >= 4 is 0 Å². The Hall–Kier alpha value is -0.120. The second kappa shape index (κ2) is 6.88. The first-order valence-corrected chi connectivity index (χ1v) is 7.73. The largest absolute Gasteiger partial charge is 0.381 e. The van der Waals surface area contributed by atoms with Gasteiger partial charge in [0.25, 0.3) is 0 Å². The Morgan fingerprint density at radius 1 is 1.22 bits per heavy atom. The third kappa shape index (κ3) is 3.69. The van der Waals surface area contributed by atoms with Gasteiger partial charge in [-0.3, -0.25) is 4.90 Å². The quantitative estimate of drug-likeness (QED) is 0.786. The van der Waals surface area contributed by atoms with Gasteiger partial charge < -0.3 is 10.1 Å². The summed E-state index contributed by atoms with van der Waals surface area (Å²) in [6, 6.07) is 1.30. The van der Waals surface area contributed by atoms with Gasteiger partial charge in [-0.05, 0) is 51.1 Å². The molecule has 0 aromatic heterocycles. The Labute approximate surface area is 112 Å². The fourth-order valence-corrected chi connectivity index (χ4v) is 3.28. The summed E-state index contributed by atoms with van der Waals surface area (Å²) >= 11 is 0. The van der Waals surface area contributed by atoms with Crippen molar-refractivity contribution < 1.29 is 4.74 Å². The Morgan fingerprint density at radius 3 is 2.50 bits per heavy atom. The van der Waals surface area contributed by atoms with Gasteiger partial charge in [0, 0.05) is 25.2 Å². The Kier molecular flexibility index (Phi) is 5.46. The highest BCUT2D eigenvalue weighted by molar-refractivity contribution is 4.83. The van der Waals surface area contributed by atoms with Crippen molar-refractivity contribution in [3.63, 3.8) is 0 Å². The molecule has 0 radical (unpaired) electrons. The minimum Gasteiger partial charge on any atom is -0.381 e. The molecular weight excluding hydrogens is 224 g/mol. The van der Waals surface area contributed by atoms with Crippen molar-refractivity contribution in [3.05, 3.63) is 0 Å². The van der Waals surface area contributed by atoms with E-state index in [1.165, 1.54) is 32.4 Å². The number of nitrogens with one attached hydrogen (secondary N) is 1. The van der Waals surface area contributed by atoms with Crippen LogP contribution in [-0.2, 0) is 4.74 Å². The van der Waals surface area contributed by atoms with Gasteiger partial charge in [-0.1, -0.05) is 13.8 Å². The highest BCUT2D eigenvalue weighted by Crippen LogP contribution is 2.19. The molecule has 0 aromatic carbocycles. The zero-order valence-corrected chi connectivity index (χ0v) is 12.3. The summed E-state index contributed by atoms with van der Waals surface area (Å²) in [7, 11) is 0. The first-order valence-electron chi connectivity index (χ1n) is 7.73. The lowest BCUT2D eigenvalue weighted by molar-refractivity contribution is 0.164. The molecule has 0 bridgehead atoms. The molecule has 3 heteroatoms. The number of nitrogens with zero attached hydrogens (tertiary/aromatic N) is 1. The van der Waals surface area contributed by atoms with E-state index in [4.69, 9.17) is 4.74 Å². The second-order valence-electron chi connectivity index (χ2n) is 6.38. The van der Waals surface area contributed by atoms with Crippen LogP contribution in [-0.4, -0.2) is 49.8 Å². The van der Waals surface area contributed by atoms with E-state index in [0.29, 0.717) is 12.1 Å². The molecule has 3 unspecified atom stereocenters. The van der Waals surface area contributed by atoms with Crippen LogP contribution in [0.2, 0.25) is 0 Å². The third-order valence-corrected chi connectivity index (χ3v) is 4.70. The lowest BCUT2D eigenvalue weighted by atomic mass is 9.98. The molecule has 2 aliphatic rings.